The summed E-state index contributed by atoms with van der Waals surface area (Å²) in [6.45, 7) is 12.8. The number of aromatic nitrogens is 2. The highest BCUT2D eigenvalue weighted by molar-refractivity contribution is 5.04. The van der Waals surface area contributed by atoms with E-state index in [1.54, 1.807) is 0 Å². The van der Waals surface area contributed by atoms with Gasteiger partial charge in [-0.25, -0.2) is 0 Å². The lowest BCUT2D eigenvalue weighted by Gasteiger charge is -2.44. The Morgan fingerprint density at radius 1 is 1.38 bits per heavy atom. The van der Waals surface area contributed by atoms with Gasteiger partial charge in [0.05, 0.1) is 6.20 Å². The Bertz CT molecular complexity index is 426. The van der Waals surface area contributed by atoms with Gasteiger partial charge in [0.15, 0.2) is 0 Å². The van der Waals surface area contributed by atoms with Crippen LogP contribution >= 0.6 is 0 Å². The molecule has 1 saturated heterocycles. The van der Waals surface area contributed by atoms with Gasteiger partial charge in [0.1, 0.15) is 0 Å². The third kappa shape index (κ3) is 4.30. The fraction of sp³-hybridized carbons (Fsp3) is 0.824. The van der Waals surface area contributed by atoms with Gasteiger partial charge in [-0.15, -0.1) is 0 Å². The molecule has 1 aromatic heterocycles. The molecule has 2 heterocycles. The highest BCUT2D eigenvalue weighted by Gasteiger charge is 2.31. The average Bonchev–Trinajstić information content (AvgIpc) is 2.89. The third-order valence-corrected chi connectivity index (χ3v) is 5.04. The topological polar surface area (TPSA) is 33.1 Å². The van der Waals surface area contributed by atoms with Crippen LogP contribution in [0.15, 0.2) is 12.4 Å². The molecule has 1 aromatic rings. The summed E-state index contributed by atoms with van der Waals surface area (Å²) in [6.07, 6.45) is 6.49. The fourth-order valence-corrected chi connectivity index (χ4v) is 3.26. The van der Waals surface area contributed by atoms with E-state index in [9.17, 15) is 0 Å². The van der Waals surface area contributed by atoms with Crippen molar-refractivity contribution in [3.05, 3.63) is 18.0 Å². The number of rotatable bonds is 6. The molecule has 0 aliphatic carbocycles. The van der Waals surface area contributed by atoms with E-state index in [1.807, 2.05) is 17.9 Å². The van der Waals surface area contributed by atoms with Gasteiger partial charge in [-0.3, -0.25) is 9.58 Å². The quantitative estimate of drug-likeness (QED) is 0.873. The Balaban J connectivity index is 1.98. The first-order valence-electron chi connectivity index (χ1n) is 8.46. The maximum atomic E-state index is 4.28. The molecule has 1 aliphatic heterocycles. The molecule has 0 spiro atoms. The zero-order valence-electron chi connectivity index (χ0n) is 14.3. The third-order valence-electron chi connectivity index (χ3n) is 5.04. The van der Waals surface area contributed by atoms with Gasteiger partial charge in [0, 0.05) is 45.0 Å². The number of hydrogen-bond acceptors (Lipinski definition) is 3. The normalized spacial score (nSPS) is 25.4. The molecule has 4 heteroatoms. The van der Waals surface area contributed by atoms with E-state index < -0.39 is 0 Å². The van der Waals surface area contributed by atoms with Crippen LogP contribution in [0, 0.1) is 11.8 Å². The molecule has 0 radical (unpaired) electrons. The smallest absolute Gasteiger partial charge is 0.0522 e. The molecule has 2 rings (SSSR count). The summed E-state index contributed by atoms with van der Waals surface area (Å²) in [7, 11) is 1.99. The van der Waals surface area contributed by atoms with Crippen molar-refractivity contribution in [1.29, 1.82) is 0 Å². The first-order valence-corrected chi connectivity index (χ1v) is 8.46. The Morgan fingerprint density at radius 2 is 2.14 bits per heavy atom. The highest BCUT2D eigenvalue weighted by atomic mass is 15.2. The fourth-order valence-electron chi connectivity index (χ4n) is 3.26. The number of piperazine rings is 1. The van der Waals surface area contributed by atoms with Crippen molar-refractivity contribution in [1.82, 2.24) is 20.0 Å². The molecule has 1 N–H and O–H groups in total. The van der Waals surface area contributed by atoms with Gasteiger partial charge in [-0.05, 0) is 23.8 Å². The predicted octanol–water partition coefficient (Wildman–Crippen LogP) is 2.31. The summed E-state index contributed by atoms with van der Waals surface area (Å²) in [4.78, 5) is 2.71. The molecule has 3 unspecified atom stereocenters. The van der Waals surface area contributed by atoms with E-state index in [0.29, 0.717) is 18.0 Å². The van der Waals surface area contributed by atoms with Gasteiger partial charge in [-0.2, -0.15) is 5.10 Å². The largest absolute Gasteiger partial charge is 0.311 e. The average molecular weight is 292 g/mol. The minimum atomic E-state index is 0.624. The minimum Gasteiger partial charge on any atom is -0.311 e. The van der Waals surface area contributed by atoms with Gasteiger partial charge in [-0.1, -0.05) is 34.1 Å². The van der Waals surface area contributed by atoms with Gasteiger partial charge in [0.25, 0.3) is 0 Å². The Kier molecular flexibility index (Phi) is 5.82. The van der Waals surface area contributed by atoms with Crippen LogP contribution in [-0.2, 0) is 13.5 Å². The lowest BCUT2D eigenvalue weighted by molar-refractivity contribution is 0.0801. The summed E-state index contributed by atoms with van der Waals surface area (Å²) in [5.41, 5.74) is 1.35. The van der Waals surface area contributed by atoms with Crippen LogP contribution in [0.2, 0.25) is 0 Å². The lowest BCUT2D eigenvalue weighted by Crippen LogP contribution is -2.60. The second-order valence-electron chi connectivity index (χ2n) is 6.98. The highest BCUT2D eigenvalue weighted by Crippen LogP contribution is 2.21. The summed E-state index contributed by atoms with van der Waals surface area (Å²) < 4.78 is 1.90. The molecule has 21 heavy (non-hydrogen) atoms. The Morgan fingerprint density at radius 3 is 2.71 bits per heavy atom. The molecule has 120 valence electrons. The molecular formula is C17H32N4. The molecule has 4 nitrogen and oxygen atoms in total. The first kappa shape index (κ1) is 16.5. The summed E-state index contributed by atoms with van der Waals surface area (Å²) >= 11 is 0. The molecule has 0 aromatic carbocycles. The molecule has 0 saturated carbocycles. The molecule has 0 bridgehead atoms. The standard InChI is InChI=1S/C17H32N4/c1-6-14(4)17-10-18-16(13(2)3)12-21(17)8-7-15-9-19-20(5)11-15/h9,11,13-14,16-18H,6-8,10,12H2,1-5H3. The van der Waals surface area contributed by atoms with Crippen LogP contribution in [0.25, 0.3) is 0 Å². The number of nitrogens with one attached hydrogen (secondary N) is 1. The van der Waals surface area contributed by atoms with Crippen LogP contribution in [0.4, 0.5) is 0 Å². The number of nitrogens with zero attached hydrogens (tertiary/aromatic N) is 3. The second kappa shape index (κ2) is 7.41. The van der Waals surface area contributed by atoms with Crippen molar-refractivity contribution in [2.24, 2.45) is 18.9 Å². The SMILES string of the molecule is CCC(C)C1CNC(C(C)C)CN1CCc1cnn(C)c1. The van der Waals surface area contributed by atoms with Crippen molar-refractivity contribution in [2.45, 2.75) is 52.6 Å². The maximum Gasteiger partial charge on any atom is 0.0522 e. The van der Waals surface area contributed by atoms with Crippen LogP contribution < -0.4 is 5.32 Å². The van der Waals surface area contributed by atoms with Crippen LogP contribution in [0.1, 0.15) is 39.7 Å². The molecular weight excluding hydrogens is 260 g/mol. The van der Waals surface area contributed by atoms with Gasteiger partial charge in [0.2, 0.25) is 0 Å². The second-order valence-corrected chi connectivity index (χ2v) is 6.98. The molecule has 3 atom stereocenters. The van der Waals surface area contributed by atoms with E-state index in [2.05, 4.69) is 49.2 Å². The van der Waals surface area contributed by atoms with Crippen molar-refractivity contribution in [3.8, 4) is 0 Å². The number of hydrogen-bond donors (Lipinski definition) is 1. The van der Waals surface area contributed by atoms with Crippen molar-refractivity contribution in [3.63, 3.8) is 0 Å². The van der Waals surface area contributed by atoms with Crippen LogP contribution in [0.3, 0.4) is 0 Å². The molecule has 0 amide bonds. The van der Waals surface area contributed by atoms with Gasteiger partial charge < -0.3 is 5.32 Å². The van der Waals surface area contributed by atoms with Gasteiger partial charge >= 0.3 is 0 Å². The summed E-state index contributed by atoms with van der Waals surface area (Å²) in [6, 6.07) is 1.29. The Labute approximate surface area is 129 Å². The van der Waals surface area contributed by atoms with Crippen molar-refractivity contribution in [2.75, 3.05) is 19.6 Å². The summed E-state index contributed by atoms with van der Waals surface area (Å²) in [5.74, 6) is 1.45. The number of aryl methyl sites for hydroxylation is 1. The predicted molar refractivity (Wildman–Crippen MR) is 88.4 cm³/mol. The van der Waals surface area contributed by atoms with E-state index in [0.717, 1.165) is 25.4 Å². The Hall–Kier alpha value is -0.870. The minimum absolute atomic E-state index is 0.624. The maximum absolute atomic E-state index is 4.28. The zero-order valence-corrected chi connectivity index (χ0v) is 14.3. The van der Waals surface area contributed by atoms with E-state index in [4.69, 9.17) is 0 Å². The molecule has 1 aliphatic rings. The summed E-state index contributed by atoms with van der Waals surface area (Å²) in [5, 5.41) is 8.04. The zero-order chi connectivity index (χ0) is 15.4. The van der Waals surface area contributed by atoms with E-state index in [1.165, 1.54) is 18.5 Å². The van der Waals surface area contributed by atoms with Crippen molar-refractivity contribution < 1.29 is 0 Å². The first-order chi connectivity index (χ1) is 10.0. The monoisotopic (exact) mass is 292 g/mol. The van der Waals surface area contributed by atoms with Crippen LogP contribution in [0.5, 0.6) is 0 Å². The van der Waals surface area contributed by atoms with Crippen LogP contribution in [-0.4, -0.2) is 46.4 Å². The molecule has 1 fully saturated rings. The van der Waals surface area contributed by atoms with Crippen molar-refractivity contribution >= 4 is 0 Å². The lowest BCUT2D eigenvalue weighted by atomic mass is 9.91. The van der Waals surface area contributed by atoms with E-state index >= 15 is 0 Å². The van der Waals surface area contributed by atoms with E-state index in [-0.39, 0.29) is 0 Å².